The van der Waals surface area contributed by atoms with Crippen molar-refractivity contribution in [3.63, 3.8) is 0 Å². The van der Waals surface area contributed by atoms with Crippen LogP contribution >= 0.6 is 0 Å². The van der Waals surface area contributed by atoms with Crippen molar-refractivity contribution >= 4 is 21.9 Å². The first-order valence-corrected chi connectivity index (χ1v) is 8.76. The number of rotatable bonds is 7. The first-order valence-electron chi connectivity index (χ1n) is 7.22. The van der Waals surface area contributed by atoms with Crippen molar-refractivity contribution in [2.24, 2.45) is 10.9 Å². The van der Waals surface area contributed by atoms with Gasteiger partial charge in [0.05, 0.1) is 25.8 Å². The van der Waals surface area contributed by atoms with Crippen LogP contribution in [0.25, 0.3) is 0 Å². The Morgan fingerprint density at radius 3 is 2.04 bits per heavy atom. The normalized spacial score (nSPS) is 13.4. The van der Waals surface area contributed by atoms with Gasteiger partial charge in [-0.25, -0.2) is 18.4 Å². The molecule has 11 nitrogen and oxygen atoms in total. The molecule has 0 aliphatic carbocycles. The molecule has 27 heavy (non-hydrogen) atoms. The smallest absolute Gasteiger partial charge is 0.336 e. The summed E-state index contributed by atoms with van der Waals surface area (Å²) in [6.45, 7) is 0. The minimum absolute atomic E-state index is 0.154. The predicted octanol–water partition coefficient (Wildman–Crippen LogP) is -0.791. The van der Waals surface area contributed by atoms with E-state index in [4.69, 9.17) is 20.3 Å². The van der Waals surface area contributed by atoms with Crippen molar-refractivity contribution in [3.8, 4) is 11.8 Å². The zero-order valence-electron chi connectivity index (χ0n) is 14.2. The molecular formula is C15H16N4O7S. The van der Waals surface area contributed by atoms with Crippen LogP contribution in [0, 0.1) is 0 Å². The molecule has 12 heteroatoms. The van der Waals surface area contributed by atoms with E-state index in [-0.39, 0.29) is 11.8 Å². The maximum Gasteiger partial charge on any atom is 0.336 e. The lowest BCUT2D eigenvalue weighted by Crippen LogP contribution is -2.53. The third-order valence-electron chi connectivity index (χ3n) is 3.72. The fourth-order valence-electron chi connectivity index (χ4n) is 2.53. The Labute approximate surface area is 154 Å². The van der Waals surface area contributed by atoms with Crippen LogP contribution in [0.3, 0.4) is 0 Å². The van der Waals surface area contributed by atoms with Crippen LogP contribution in [0.4, 0.5) is 0 Å². The molecular weight excluding hydrogens is 380 g/mol. The number of hydrogen-bond acceptors (Lipinski definition) is 8. The third-order valence-corrected chi connectivity index (χ3v) is 5.18. The summed E-state index contributed by atoms with van der Waals surface area (Å²) in [6.07, 6.45) is 0. The number of hydrogen-bond donors (Lipinski definition) is 3. The fraction of sp³-hybridized carbons (Fsp3) is 0.200. The van der Waals surface area contributed by atoms with Crippen LogP contribution in [-0.2, 0) is 19.6 Å². The van der Waals surface area contributed by atoms with Crippen molar-refractivity contribution in [1.29, 1.82) is 0 Å². The third kappa shape index (κ3) is 3.27. The Morgan fingerprint density at radius 1 is 1.11 bits per heavy atom. The van der Waals surface area contributed by atoms with Crippen LogP contribution in [0.1, 0.15) is 21.7 Å². The highest BCUT2D eigenvalue weighted by Crippen LogP contribution is 2.38. The summed E-state index contributed by atoms with van der Waals surface area (Å²) in [5, 5.41) is 14.8. The summed E-state index contributed by atoms with van der Waals surface area (Å²) in [5.74, 6) is -4.01. The Hall–Kier alpha value is -3.25. The molecule has 1 aromatic heterocycles. The van der Waals surface area contributed by atoms with Crippen LogP contribution in [-0.4, -0.2) is 49.6 Å². The van der Waals surface area contributed by atoms with Gasteiger partial charge in [-0.05, 0) is 6.07 Å². The van der Waals surface area contributed by atoms with Crippen LogP contribution in [0.5, 0.6) is 11.8 Å². The maximum absolute atomic E-state index is 12.6. The quantitative estimate of drug-likeness (QED) is 0.539. The Balaban J connectivity index is 3.07. The molecule has 1 unspecified atom stereocenters. The highest BCUT2D eigenvalue weighted by molar-refractivity contribution is 7.91. The summed E-state index contributed by atoms with van der Waals surface area (Å²) < 4.78 is 32.2. The van der Waals surface area contributed by atoms with E-state index < -0.39 is 43.6 Å². The Bertz CT molecular complexity index is 987. The molecule has 0 fully saturated rings. The van der Waals surface area contributed by atoms with Crippen molar-refractivity contribution in [2.45, 2.75) is 4.75 Å². The van der Waals surface area contributed by atoms with Gasteiger partial charge in [0, 0.05) is 5.56 Å². The molecule has 1 heterocycles. The molecule has 0 radical (unpaired) electrons. The number of amides is 1. The number of primary sulfonamides is 1. The molecule has 2 aromatic rings. The topological polar surface area (TPSA) is 185 Å². The summed E-state index contributed by atoms with van der Waals surface area (Å²) in [5.41, 5.74) is 4.39. The van der Waals surface area contributed by atoms with Crippen LogP contribution in [0.15, 0.2) is 30.3 Å². The fourth-order valence-corrected chi connectivity index (χ4v) is 3.64. The van der Waals surface area contributed by atoms with Crippen molar-refractivity contribution in [3.05, 3.63) is 47.3 Å². The molecule has 0 aliphatic heterocycles. The lowest BCUT2D eigenvalue weighted by atomic mass is 9.91. The van der Waals surface area contributed by atoms with Crippen LogP contribution < -0.4 is 20.3 Å². The molecule has 1 amide bonds. The van der Waals surface area contributed by atoms with Gasteiger partial charge in [-0.2, -0.15) is 9.97 Å². The number of benzene rings is 1. The van der Waals surface area contributed by atoms with E-state index in [1.54, 1.807) is 0 Å². The number of methoxy groups -OCH3 is 2. The number of carboxylic acid groups (broad SMARTS) is 1. The van der Waals surface area contributed by atoms with Gasteiger partial charge < -0.3 is 20.3 Å². The molecule has 0 saturated heterocycles. The number of primary amides is 1. The van der Waals surface area contributed by atoms with Crippen molar-refractivity contribution in [2.75, 3.05) is 14.2 Å². The lowest BCUT2D eigenvalue weighted by molar-refractivity contribution is -0.119. The number of carboxylic acids is 1. The first-order chi connectivity index (χ1) is 12.6. The highest BCUT2D eigenvalue weighted by Gasteiger charge is 2.56. The van der Waals surface area contributed by atoms with Crippen molar-refractivity contribution in [1.82, 2.24) is 9.97 Å². The molecule has 2 rings (SSSR count). The number of aromatic nitrogens is 2. The Kier molecular flexibility index (Phi) is 5.33. The van der Waals surface area contributed by atoms with Gasteiger partial charge in [0.15, 0.2) is 5.82 Å². The van der Waals surface area contributed by atoms with Gasteiger partial charge in [-0.15, -0.1) is 0 Å². The predicted molar refractivity (Wildman–Crippen MR) is 91.6 cm³/mol. The van der Waals surface area contributed by atoms with Gasteiger partial charge >= 0.3 is 5.97 Å². The van der Waals surface area contributed by atoms with E-state index in [0.29, 0.717) is 0 Å². The van der Waals surface area contributed by atoms with E-state index in [2.05, 4.69) is 9.97 Å². The SMILES string of the molecule is COc1cc(OC)nc(C(C(N)=O)(c2ccccc2C(=O)O)S(N)(=O)=O)n1. The first kappa shape index (κ1) is 20.1. The van der Waals surface area contributed by atoms with E-state index in [0.717, 1.165) is 12.1 Å². The van der Waals surface area contributed by atoms with E-state index in [1.807, 2.05) is 0 Å². The molecule has 0 saturated carbocycles. The van der Waals surface area contributed by atoms with E-state index >= 15 is 0 Å². The van der Waals surface area contributed by atoms with Gasteiger partial charge in [-0.3, -0.25) is 4.79 Å². The second-order valence-electron chi connectivity index (χ2n) is 5.22. The largest absolute Gasteiger partial charge is 0.481 e. The lowest BCUT2D eigenvalue weighted by Gasteiger charge is -2.28. The zero-order valence-corrected chi connectivity index (χ0v) is 15.1. The average Bonchev–Trinajstić information content (AvgIpc) is 2.60. The molecule has 1 aromatic carbocycles. The molecule has 0 aliphatic rings. The van der Waals surface area contributed by atoms with Gasteiger partial charge in [0.25, 0.3) is 5.91 Å². The summed E-state index contributed by atoms with van der Waals surface area (Å²) >= 11 is 0. The van der Waals surface area contributed by atoms with Crippen molar-refractivity contribution < 1.29 is 32.6 Å². The zero-order chi connectivity index (χ0) is 20.4. The molecule has 5 N–H and O–H groups in total. The number of nitrogens with two attached hydrogens (primary N) is 2. The van der Waals surface area contributed by atoms with Gasteiger partial charge in [0.1, 0.15) is 0 Å². The minimum atomic E-state index is -4.91. The minimum Gasteiger partial charge on any atom is -0.481 e. The highest BCUT2D eigenvalue weighted by atomic mass is 32.2. The van der Waals surface area contributed by atoms with E-state index in [1.165, 1.54) is 32.4 Å². The second kappa shape index (κ2) is 7.17. The van der Waals surface area contributed by atoms with E-state index in [9.17, 15) is 23.1 Å². The monoisotopic (exact) mass is 396 g/mol. The number of ether oxygens (including phenoxy) is 2. The average molecular weight is 396 g/mol. The van der Waals surface area contributed by atoms with Gasteiger partial charge in [0.2, 0.25) is 26.5 Å². The van der Waals surface area contributed by atoms with Gasteiger partial charge in [-0.1, -0.05) is 18.2 Å². The Morgan fingerprint density at radius 2 is 1.63 bits per heavy atom. The number of carbonyl (C=O) groups is 2. The maximum atomic E-state index is 12.6. The standard InChI is InChI=1S/C15H16N4O7S/c1-25-10-7-11(26-2)19-14(18-10)15(13(16)22,27(17,23)24)9-6-4-3-5-8(9)12(20)21/h3-7H,1-2H3,(H2,16,22)(H,20,21)(H2,17,23,24). The second-order valence-corrected chi connectivity index (χ2v) is 6.92. The number of sulfonamides is 1. The van der Waals surface area contributed by atoms with Crippen LogP contribution in [0.2, 0.25) is 0 Å². The molecule has 0 spiro atoms. The molecule has 0 bridgehead atoms. The number of nitrogens with zero attached hydrogens (tertiary/aromatic N) is 2. The molecule has 144 valence electrons. The number of aromatic carboxylic acids is 1. The summed E-state index contributed by atoms with van der Waals surface area (Å²) in [7, 11) is -2.44. The summed E-state index contributed by atoms with van der Waals surface area (Å²) in [6, 6.07) is 6.07. The number of carbonyl (C=O) groups excluding carboxylic acids is 1. The molecule has 1 atom stereocenters. The summed E-state index contributed by atoms with van der Waals surface area (Å²) in [4.78, 5) is 31.8.